The van der Waals surface area contributed by atoms with Gasteiger partial charge in [0.25, 0.3) is 0 Å². The van der Waals surface area contributed by atoms with Crippen molar-refractivity contribution >= 4 is 30.7 Å². The van der Waals surface area contributed by atoms with Gasteiger partial charge >= 0.3 is 0 Å². The Morgan fingerprint density at radius 2 is 1.43 bits per heavy atom. The van der Waals surface area contributed by atoms with Crippen LogP contribution in [0, 0.1) is 16.2 Å². The maximum absolute atomic E-state index is 13.1. The third kappa shape index (κ3) is 7.07. The minimum atomic E-state index is -0.815. The average Bonchev–Trinajstić information content (AvgIpc) is 2.52. The van der Waals surface area contributed by atoms with Crippen molar-refractivity contribution in [1.82, 2.24) is 15.1 Å². The molecule has 1 heterocycles. The zero-order chi connectivity index (χ0) is 22.0. The first-order valence-corrected chi connectivity index (χ1v) is 10.5. The summed E-state index contributed by atoms with van der Waals surface area (Å²) in [4.78, 5) is 40.6. The van der Waals surface area contributed by atoms with Crippen LogP contribution in [-0.2, 0) is 14.4 Å². The number of aldehydes is 1. The number of carbonyl (C=O) groups is 3. The van der Waals surface area contributed by atoms with Gasteiger partial charge in [-0.05, 0) is 26.8 Å². The molecule has 0 radical (unpaired) electrons. The summed E-state index contributed by atoms with van der Waals surface area (Å²) in [6.07, 6.45) is 1.73. The van der Waals surface area contributed by atoms with Crippen LogP contribution in [0.4, 0.5) is 0 Å². The smallest absolute Gasteiger partial charge is 0.228 e. The van der Waals surface area contributed by atoms with E-state index in [9.17, 15) is 14.4 Å². The van der Waals surface area contributed by atoms with Crippen molar-refractivity contribution < 1.29 is 14.4 Å². The molecule has 28 heavy (non-hydrogen) atoms. The largest absolute Gasteiger partial charge is 0.342 e. The highest BCUT2D eigenvalue weighted by Gasteiger charge is 2.43. The maximum atomic E-state index is 13.1. The van der Waals surface area contributed by atoms with Crippen molar-refractivity contribution in [3.63, 3.8) is 0 Å². The number of rotatable bonds is 8. The molecule has 1 aliphatic heterocycles. The number of likely N-dealkylation sites (N-methyl/N-ethyl adjacent to an activating group) is 1. The first-order valence-electron chi connectivity index (χ1n) is 10.0. The molecular weight excluding hydrogens is 374 g/mol. The topological polar surface area (TPSA) is 69.7 Å². The van der Waals surface area contributed by atoms with Gasteiger partial charge in [-0.15, -0.1) is 0 Å². The van der Waals surface area contributed by atoms with Gasteiger partial charge in [0.2, 0.25) is 11.8 Å². The van der Waals surface area contributed by atoms with Gasteiger partial charge in [-0.1, -0.05) is 41.5 Å². The summed E-state index contributed by atoms with van der Waals surface area (Å²) < 4.78 is 0. The van der Waals surface area contributed by atoms with Gasteiger partial charge in [0.15, 0.2) is 0 Å². The van der Waals surface area contributed by atoms with Crippen LogP contribution in [0.3, 0.4) is 0 Å². The van der Waals surface area contributed by atoms with Crippen molar-refractivity contribution in [3.8, 4) is 0 Å². The van der Waals surface area contributed by atoms with Crippen LogP contribution in [0.25, 0.3) is 0 Å². The number of thiol groups is 1. The summed E-state index contributed by atoms with van der Waals surface area (Å²) in [7, 11) is 2.06. The monoisotopic (exact) mass is 413 g/mol. The molecule has 7 heteroatoms. The molecule has 1 N–H and O–H groups in total. The number of carbonyl (C=O) groups excluding carboxylic acids is 3. The number of amides is 2. The highest BCUT2D eigenvalue weighted by molar-refractivity contribution is 7.81. The third-order valence-electron chi connectivity index (χ3n) is 5.37. The van der Waals surface area contributed by atoms with Crippen LogP contribution in [0.15, 0.2) is 0 Å². The highest BCUT2D eigenvalue weighted by atomic mass is 32.1. The predicted octanol–water partition coefficient (Wildman–Crippen LogP) is 2.58. The zero-order valence-corrected chi connectivity index (χ0v) is 19.8. The average molecular weight is 414 g/mol. The van der Waals surface area contributed by atoms with Crippen LogP contribution >= 0.6 is 12.6 Å². The number of nitrogens with one attached hydrogen (secondary N) is 1. The molecule has 1 saturated heterocycles. The van der Waals surface area contributed by atoms with Gasteiger partial charge < -0.3 is 19.9 Å². The fraction of sp³-hybridized carbons (Fsp3) is 0.857. The van der Waals surface area contributed by atoms with Gasteiger partial charge in [-0.3, -0.25) is 9.59 Å². The van der Waals surface area contributed by atoms with E-state index in [1.54, 1.807) is 6.92 Å². The zero-order valence-electron chi connectivity index (χ0n) is 18.9. The van der Waals surface area contributed by atoms with Crippen LogP contribution in [0.2, 0.25) is 0 Å². The van der Waals surface area contributed by atoms with Crippen LogP contribution in [-0.4, -0.2) is 66.0 Å². The number of hydrogen-bond acceptors (Lipinski definition) is 5. The lowest BCUT2D eigenvalue weighted by atomic mass is 9.73. The lowest BCUT2D eigenvalue weighted by Gasteiger charge is -2.41. The van der Waals surface area contributed by atoms with E-state index < -0.39 is 21.1 Å². The quantitative estimate of drug-likeness (QED) is 0.365. The van der Waals surface area contributed by atoms with Crippen LogP contribution < -0.4 is 5.32 Å². The lowest BCUT2D eigenvalue weighted by molar-refractivity contribution is -0.145. The summed E-state index contributed by atoms with van der Waals surface area (Å²) in [6, 6.07) is 0. The minimum absolute atomic E-state index is 0.0946. The van der Waals surface area contributed by atoms with Crippen molar-refractivity contribution in [2.45, 2.75) is 66.2 Å². The molecule has 1 unspecified atom stereocenters. The molecule has 0 aromatic rings. The van der Waals surface area contributed by atoms with Crippen molar-refractivity contribution in [2.24, 2.45) is 16.2 Å². The van der Waals surface area contributed by atoms with E-state index in [0.717, 1.165) is 32.5 Å². The highest BCUT2D eigenvalue weighted by Crippen LogP contribution is 2.37. The van der Waals surface area contributed by atoms with E-state index in [-0.39, 0.29) is 11.8 Å². The fourth-order valence-corrected chi connectivity index (χ4v) is 4.59. The van der Waals surface area contributed by atoms with E-state index in [0.29, 0.717) is 12.8 Å². The van der Waals surface area contributed by atoms with Gasteiger partial charge in [-0.25, -0.2) is 0 Å². The molecule has 0 aromatic carbocycles. The number of hydrogen-bond donors (Lipinski definition) is 2. The Bertz CT molecular complexity index is 592. The van der Waals surface area contributed by atoms with Gasteiger partial charge in [0.1, 0.15) is 6.29 Å². The SMILES string of the molecule is CN1CCN(C(=O)C(C)(C)CC(C)(C)C(=O)NC(C)(S)CC(C)(C)C=O)CC1. The number of nitrogens with zero attached hydrogens (tertiary/aromatic N) is 2. The van der Waals surface area contributed by atoms with Crippen LogP contribution in [0.1, 0.15) is 61.3 Å². The normalized spacial score (nSPS) is 19.1. The Morgan fingerprint density at radius 3 is 1.89 bits per heavy atom. The Balaban J connectivity index is 2.80. The Labute approximate surface area is 176 Å². The molecule has 2 amide bonds. The minimum Gasteiger partial charge on any atom is -0.342 e. The Kier molecular flexibility index (Phi) is 7.79. The molecule has 1 atom stereocenters. The fourth-order valence-electron chi connectivity index (χ4n) is 4.09. The van der Waals surface area contributed by atoms with E-state index in [1.165, 1.54) is 0 Å². The third-order valence-corrected chi connectivity index (χ3v) is 5.64. The summed E-state index contributed by atoms with van der Waals surface area (Å²) in [6.45, 7) is 16.2. The Morgan fingerprint density at radius 1 is 0.929 bits per heavy atom. The summed E-state index contributed by atoms with van der Waals surface area (Å²) >= 11 is 4.58. The van der Waals surface area contributed by atoms with Crippen molar-refractivity contribution in [2.75, 3.05) is 33.2 Å². The molecule has 162 valence electrons. The van der Waals surface area contributed by atoms with Crippen molar-refractivity contribution in [1.29, 1.82) is 0 Å². The standard InChI is InChI=1S/C21H39N3O3S/c1-18(2,15-25)13-21(7,28)22-16(26)19(3,4)14-20(5,6)17(27)24-11-9-23(8)10-12-24/h15,28H,9-14H2,1-8H3,(H,22,26). The maximum Gasteiger partial charge on any atom is 0.228 e. The molecule has 0 aromatic heterocycles. The molecule has 0 bridgehead atoms. The first kappa shape index (κ1) is 25.0. The van der Waals surface area contributed by atoms with E-state index in [1.807, 2.05) is 46.4 Å². The predicted molar refractivity (Wildman–Crippen MR) is 116 cm³/mol. The molecule has 0 spiro atoms. The first-order chi connectivity index (χ1) is 12.5. The molecule has 0 aliphatic carbocycles. The van der Waals surface area contributed by atoms with E-state index in [2.05, 4.69) is 29.9 Å². The van der Waals surface area contributed by atoms with Crippen LogP contribution in [0.5, 0.6) is 0 Å². The van der Waals surface area contributed by atoms with E-state index >= 15 is 0 Å². The molecule has 1 fully saturated rings. The molecular formula is C21H39N3O3S. The summed E-state index contributed by atoms with van der Waals surface area (Å²) in [5.41, 5.74) is -1.97. The molecule has 1 aliphatic rings. The summed E-state index contributed by atoms with van der Waals surface area (Å²) in [5.74, 6) is -0.0665. The second kappa shape index (κ2) is 8.74. The van der Waals surface area contributed by atoms with E-state index in [4.69, 9.17) is 0 Å². The second-order valence-electron chi connectivity index (χ2n) is 10.6. The molecule has 6 nitrogen and oxygen atoms in total. The lowest BCUT2D eigenvalue weighted by Crippen LogP contribution is -2.54. The molecule has 1 rings (SSSR count). The molecule has 0 saturated carbocycles. The van der Waals surface area contributed by atoms with Gasteiger partial charge in [-0.2, -0.15) is 12.6 Å². The summed E-state index contributed by atoms with van der Waals surface area (Å²) in [5, 5.41) is 2.97. The second-order valence-corrected chi connectivity index (χ2v) is 11.5. The Hall–Kier alpha value is -1.08. The number of piperazine rings is 1. The van der Waals surface area contributed by atoms with Gasteiger partial charge in [0, 0.05) is 42.4 Å². The van der Waals surface area contributed by atoms with Crippen molar-refractivity contribution in [3.05, 3.63) is 0 Å². The van der Waals surface area contributed by atoms with Gasteiger partial charge in [0.05, 0.1) is 4.87 Å².